The molecule has 0 fully saturated rings. The third kappa shape index (κ3) is 3.61. The summed E-state index contributed by atoms with van der Waals surface area (Å²) in [6, 6.07) is 9.47. The monoisotopic (exact) mass is 457 g/mol. The standard InChI is InChI=1S/C18H8Cl4FN3O2/c19-9-2-4-10(13(20)6-9)12-7-27-25-15(12)8-1-3-11(14(23)5-8)17-24-18(16(21)22)28-26-17/h1-7,16H. The van der Waals surface area contributed by atoms with Gasteiger partial charge in [0.2, 0.25) is 5.82 Å². The van der Waals surface area contributed by atoms with Crippen molar-refractivity contribution in [3.8, 4) is 33.8 Å². The van der Waals surface area contributed by atoms with Gasteiger partial charge >= 0.3 is 0 Å². The Balaban J connectivity index is 1.74. The quantitative estimate of drug-likeness (QED) is 0.308. The molecule has 5 nitrogen and oxygen atoms in total. The van der Waals surface area contributed by atoms with E-state index >= 15 is 0 Å². The maximum absolute atomic E-state index is 14.7. The van der Waals surface area contributed by atoms with Gasteiger partial charge in [-0.05, 0) is 24.3 Å². The third-order valence-electron chi connectivity index (χ3n) is 3.90. The van der Waals surface area contributed by atoms with Gasteiger partial charge in [0.15, 0.2) is 4.84 Å². The SMILES string of the molecule is Fc1cc(-c2nocc2-c2ccc(Cl)cc2Cl)ccc1-c1noc(C(Cl)Cl)n1. The molecular weight excluding hydrogens is 451 g/mol. The van der Waals surface area contributed by atoms with E-state index in [1.807, 2.05) is 0 Å². The van der Waals surface area contributed by atoms with Crippen LogP contribution in [0.15, 0.2) is 51.7 Å². The highest BCUT2D eigenvalue weighted by atomic mass is 35.5. The minimum atomic E-state index is -0.995. The van der Waals surface area contributed by atoms with Crippen molar-refractivity contribution in [2.45, 2.75) is 4.84 Å². The zero-order chi connectivity index (χ0) is 19.8. The Morgan fingerprint density at radius 1 is 0.929 bits per heavy atom. The number of hydrogen-bond acceptors (Lipinski definition) is 5. The van der Waals surface area contributed by atoms with Crippen molar-refractivity contribution < 1.29 is 13.4 Å². The first-order valence-electron chi connectivity index (χ1n) is 7.76. The Labute approximate surface area is 177 Å². The van der Waals surface area contributed by atoms with Crippen molar-refractivity contribution in [1.29, 1.82) is 0 Å². The molecule has 0 bridgehead atoms. The number of halogens is 5. The molecule has 142 valence electrons. The molecular formula is C18H8Cl4FN3O2. The van der Waals surface area contributed by atoms with Gasteiger partial charge in [-0.2, -0.15) is 4.98 Å². The second-order valence-electron chi connectivity index (χ2n) is 5.65. The largest absolute Gasteiger partial charge is 0.363 e. The van der Waals surface area contributed by atoms with Crippen LogP contribution in [0.4, 0.5) is 4.39 Å². The first-order chi connectivity index (χ1) is 13.4. The lowest BCUT2D eigenvalue weighted by molar-refractivity contribution is 0.388. The summed E-state index contributed by atoms with van der Waals surface area (Å²) in [5, 5.41) is 8.59. The van der Waals surface area contributed by atoms with Crippen LogP contribution in [0.25, 0.3) is 33.8 Å². The van der Waals surface area contributed by atoms with Gasteiger partial charge in [-0.3, -0.25) is 0 Å². The number of rotatable bonds is 4. The Kier molecular flexibility index (Phi) is 5.29. The Morgan fingerprint density at radius 2 is 1.71 bits per heavy atom. The number of aromatic nitrogens is 3. The van der Waals surface area contributed by atoms with E-state index in [1.165, 1.54) is 18.4 Å². The molecule has 4 rings (SSSR count). The van der Waals surface area contributed by atoms with E-state index in [-0.39, 0.29) is 17.3 Å². The van der Waals surface area contributed by atoms with Crippen LogP contribution in [0.2, 0.25) is 10.0 Å². The molecule has 0 saturated carbocycles. The molecule has 0 aliphatic rings. The molecule has 0 radical (unpaired) electrons. The number of alkyl halides is 2. The van der Waals surface area contributed by atoms with Crippen LogP contribution < -0.4 is 0 Å². The molecule has 0 atom stereocenters. The smallest absolute Gasteiger partial charge is 0.260 e. The summed E-state index contributed by atoms with van der Waals surface area (Å²) in [4.78, 5) is 2.98. The lowest BCUT2D eigenvalue weighted by Crippen LogP contribution is -1.90. The van der Waals surface area contributed by atoms with Gasteiger partial charge in [0.25, 0.3) is 5.89 Å². The number of hydrogen-bond donors (Lipinski definition) is 0. The highest BCUT2D eigenvalue weighted by Crippen LogP contribution is 2.37. The van der Waals surface area contributed by atoms with Crippen LogP contribution in [-0.4, -0.2) is 15.3 Å². The van der Waals surface area contributed by atoms with Gasteiger partial charge in [-0.15, -0.1) is 0 Å². The predicted octanol–water partition coefficient (Wildman–Crippen LogP) is 6.98. The average Bonchev–Trinajstić information content (AvgIpc) is 3.31. The maximum atomic E-state index is 14.7. The molecule has 2 heterocycles. The lowest BCUT2D eigenvalue weighted by atomic mass is 10.0. The molecule has 10 heteroatoms. The fourth-order valence-corrected chi connectivity index (χ4v) is 3.31. The summed E-state index contributed by atoms with van der Waals surface area (Å²) >= 11 is 23.6. The summed E-state index contributed by atoms with van der Waals surface area (Å²) in [6.45, 7) is 0. The molecule has 2 aromatic heterocycles. The topological polar surface area (TPSA) is 65.0 Å². The molecule has 28 heavy (non-hydrogen) atoms. The highest BCUT2D eigenvalue weighted by molar-refractivity contribution is 6.43. The molecule has 0 unspecified atom stereocenters. The van der Waals surface area contributed by atoms with Crippen LogP contribution in [0.3, 0.4) is 0 Å². The second-order valence-corrected chi connectivity index (χ2v) is 7.59. The maximum Gasteiger partial charge on any atom is 0.260 e. The fourth-order valence-electron chi connectivity index (χ4n) is 2.62. The average molecular weight is 459 g/mol. The van der Waals surface area contributed by atoms with Gasteiger partial charge < -0.3 is 9.05 Å². The fraction of sp³-hybridized carbons (Fsp3) is 0.0556. The molecule has 2 aromatic carbocycles. The summed E-state index contributed by atoms with van der Waals surface area (Å²) in [6.07, 6.45) is 1.43. The van der Waals surface area contributed by atoms with Crippen molar-refractivity contribution in [2.75, 3.05) is 0 Å². The number of benzene rings is 2. The predicted molar refractivity (Wildman–Crippen MR) is 105 cm³/mol. The first kappa shape index (κ1) is 19.2. The van der Waals surface area contributed by atoms with Crippen molar-refractivity contribution in [1.82, 2.24) is 15.3 Å². The zero-order valence-corrected chi connectivity index (χ0v) is 16.7. The van der Waals surface area contributed by atoms with Gasteiger partial charge in [-0.25, -0.2) is 4.39 Å². The molecule has 0 amide bonds. The van der Waals surface area contributed by atoms with Crippen molar-refractivity contribution in [2.24, 2.45) is 0 Å². The zero-order valence-electron chi connectivity index (χ0n) is 13.7. The lowest BCUT2D eigenvalue weighted by Gasteiger charge is -2.06. The van der Waals surface area contributed by atoms with E-state index in [0.717, 1.165) is 0 Å². The van der Waals surface area contributed by atoms with Gasteiger partial charge in [-0.1, -0.05) is 68.8 Å². The first-order valence-corrected chi connectivity index (χ1v) is 9.39. The van der Waals surface area contributed by atoms with Gasteiger partial charge in [0.05, 0.1) is 16.1 Å². The molecule has 4 aromatic rings. The summed E-state index contributed by atoms with van der Waals surface area (Å²) in [5.41, 5.74) is 2.28. The molecule has 0 aliphatic carbocycles. The Morgan fingerprint density at radius 3 is 2.39 bits per heavy atom. The van der Waals surface area contributed by atoms with E-state index in [9.17, 15) is 4.39 Å². The van der Waals surface area contributed by atoms with Crippen LogP contribution in [0.1, 0.15) is 10.7 Å². The minimum Gasteiger partial charge on any atom is -0.363 e. The third-order valence-corrected chi connectivity index (χ3v) is 4.82. The second kappa shape index (κ2) is 7.72. The van der Waals surface area contributed by atoms with E-state index < -0.39 is 10.7 Å². The normalized spacial score (nSPS) is 11.4. The van der Waals surface area contributed by atoms with Crippen LogP contribution in [0, 0.1) is 5.82 Å². The van der Waals surface area contributed by atoms with E-state index in [4.69, 9.17) is 55.4 Å². The Bertz CT molecular complexity index is 1160. The molecule has 0 saturated heterocycles. The van der Waals surface area contributed by atoms with Gasteiger partial charge in [0, 0.05) is 16.1 Å². The highest BCUT2D eigenvalue weighted by Gasteiger charge is 2.20. The summed E-state index contributed by atoms with van der Waals surface area (Å²) in [5.74, 6) is -0.564. The van der Waals surface area contributed by atoms with Crippen LogP contribution in [0.5, 0.6) is 0 Å². The van der Waals surface area contributed by atoms with Crippen LogP contribution >= 0.6 is 46.4 Å². The van der Waals surface area contributed by atoms with E-state index in [2.05, 4.69) is 15.3 Å². The van der Waals surface area contributed by atoms with Gasteiger partial charge in [0.1, 0.15) is 17.8 Å². The summed E-state index contributed by atoms with van der Waals surface area (Å²) in [7, 11) is 0. The van der Waals surface area contributed by atoms with E-state index in [0.29, 0.717) is 32.4 Å². The van der Waals surface area contributed by atoms with Crippen molar-refractivity contribution in [3.63, 3.8) is 0 Å². The van der Waals surface area contributed by atoms with Crippen molar-refractivity contribution >= 4 is 46.4 Å². The molecule has 0 aliphatic heterocycles. The van der Waals surface area contributed by atoms with Crippen molar-refractivity contribution in [3.05, 3.63) is 64.4 Å². The number of nitrogens with zero attached hydrogens (tertiary/aromatic N) is 3. The molecule has 0 N–H and O–H groups in total. The van der Waals surface area contributed by atoms with Crippen LogP contribution in [-0.2, 0) is 0 Å². The molecule has 0 spiro atoms. The summed E-state index contributed by atoms with van der Waals surface area (Å²) < 4.78 is 24.7. The Hall–Kier alpha value is -2.12. The van der Waals surface area contributed by atoms with E-state index in [1.54, 1.807) is 24.3 Å². The minimum absolute atomic E-state index is 0.0158.